The largest absolute Gasteiger partial charge is 0.294 e. The van der Waals surface area contributed by atoms with E-state index in [1.807, 2.05) is 32.3 Å². The molecular formula is C16H23N5. The summed E-state index contributed by atoms with van der Waals surface area (Å²) in [5.41, 5.74) is 1.29. The molecule has 21 heavy (non-hydrogen) atoms. The van der Waals surface area contributed by atoms with E-state index in [9.17, 15) is 0 Å². The molecule has 5 heteroatoms. The molecule has 3 heterocycles. The number of pyridine rings is 1. The zero-order chi connectivity index (χ0) is 14.7. The predicted octanol–water partition coefficient (Wildman–Crippen LogP) is 2.34. The van der Waals surface area contributed by atoms with Gasteiger partial charge in [-0.2, -0.15) is 5.10 Å². The molecule has 1 fully saturated rings. The summed E-state index contributed by atoms with van der Waals surface area (Å²) in [7, 11) is 0. The second-order valence-corrected chi connectivity index (χ2v) is 5.87. The minimum atomic E-state index is 0.541. The van der Waals surface area contributed by atoms with E-state index in [-0.39, 0.29) is 0 Å². The number of hydrogen-bond acceptors (Lipinski definition) is 4. The Bertz CT molecular complexity index is 578. The van der Waals surface area contributed by atoms with E-state index in [0.29, 0.717) is 6.04 Å². The molecule has 0 saturated carbocycles. The molecule has 1 atom stereocenters. The number of rotatable bonds is 4. The maximum absolute atomic E-state index is 4.51. The highest BCUT2D eigenvalue weighted by Gasteiger charge is 2.23. The number of piperidine rings is 1. The number of likely N-dealkylation sites (tertiary alicyclic amines) is 1. The lowest BCUT2D eigenvalue weighted by Crippen LogP contribution is -2.41. The SMILES string of the molecule is Cc1nc(C)n(CC2CCCCN2Cc2cccnc2)n1. The van der Waals surface area contributed by atoms with Crippen LogP contribution in [0, 0.1) is 13.8 Å². The molecule has 0 aliphatic carbocycles. The molecule has 3 rings (SSSR count). The Labute approximate surface area is 126 Å². The molecule has 1 unspecified atom stereocenters. The monoisotopic (exact) mass is 285 g/mol. The molecule has 0 radical (unpaired) electrons. The van der Waals surface area contributed by atoms with Crippen molar-refractivity contribution < 1.29 is 0 Å². The van der Waals surface area contributed by atoms with Crippen molar-refractivity contribution in [2.75, 3.05) is 6.54 Å². The molecule has 1 saturated heterocycles. The van der Waals surface area contributed by atoms with Gasteiger partial charge in [0.05, 0.1) is 6.54 Å². The molecule has 1 aliphatic heterocycles. The third-order valence-electron chi connectivity index (χ3n) is 4.20. The molecule has 1 aliphatic rings. The third kappa shape index (κ3) is 3.47. The van der Waals surface area contributed by atoms with Gasteiger partial charge in [-0.05, 0) is 44.9 Å². The highest BCUT2D eigenvalue weighted by Crippen LogP contribution is 2.21. The van der Waals surface area contributed by atoms with Gasteiger partial charge in [-0.1, -0.05) is 12.5 Å². The minimum absolute atomic E-state index is 0.541. The van der Waals surface area contributed by atoms with Crippen molar-refractivity contribution >= 4 is 0 Å². The Kier molecular flexibility index (Phi) is 4.29. The van der Waals surface area contributed by atoms with Crippen molar-refractivity contribution in [2.24, 2.45) is 0 Å². The van der Waals surface area contributed by atoms with Gasteiger partial charge >= 0.3 is 0 Å². The molecule has 0 bridgehead atoms. The molecule has 0 N–H and O–H groups in total. The predicted molar refractivity (Wildman–Crippen MR) is 81.8 cm³/mol. The van der Waals surface area contributed by atoms with Crippen molar-refractivity contribution in [3.05, 3.63) is 41.7 Å². The van der Waals surface area contributed by atoms with E-state index in [4.69, 9.17) is 0 Å². The standard InChI is InChI=1S/C16H23N5/c1-13-18-14(2)21(19-13)12-16-7-3-4-9-20(16)11-15-6-5-8-17-10-15/h5-6,8,10,16H,3-4,7,9,11-12H2,1-2H3. The van der Waals surface area contributed by atoms with Gasteiger partial charge in [0, 0.05) is 25.0 Å². The highest BCUT2D eigenvalue weighted by molar-refractivity contribution is 5.08. The van der Waals surface area contributed by atoms with Gasteiger partial charge in [-0.3, -0.25) is 9.88 Å². The fourth-order valence-electron chi connectivity index (χ4n) is 3.13. The second-order valence-electron chi connectivity index (χ2n) is 5.87. The molecule has 5 nitrogen and oxygen atoms in total. The first-order valence-electron chi connectivity index (χ1n) is 7.73. The summed E-state index contributed by atoms with van der Waals surface area (Å²) in [5, 5.41) is 4.51. The summed E-state index contributed by atoms with van der Waals surface area (Å²) in [5.74, 6) is 1.88. The molecule has 0 aromatic carbocycles. The van der Waals surface area contributed by atoms with E-state index < -0.39 is 0 Å². The van der Waals surface area contributed by atoms with E-state index >= 15 is 0 Å². The topological polar surface area (TPSA) is 46.8 Å². The van der Waals surface area contributed by atoms with Crippen LogP contribution in [0.4, 0.5) is 0 Å². The first-order valence-corrected chi connectivity index (χ1v) is 7.73. The molecule has 0 amide bonds. The zero-order valence-corrected chi connectivity index (χ0v) is 12.9. The summed E-state index contributed by atoms with van der Waals surface area (Å²) in [6, 6.07) is 4.71. The fraction of sp³-hybridized carbons (Fsp3) is 0.562. The lowest BCUT2D eigenvalue weighted by Gasteiger charge is -2.35. The number of aromatic nitrogens is 4. The van der Waals surface area contributed by atoms with Gasteiger partial charge in [-0.15, -0.1) is 0 Å². The summed E-state index contributed by atoms with van der Waals surface area (Å²) in [6.07, 6.45) is 7.63. The Hall–Kier alpha value is -1.75. The molecule has 2 aromatic rings. The third-order valence-corrected chi connectivity index (χ3v) is 4.20. The quantitative estimate of drug-likeness (QED) is 0.865. The van der Waals surface area contributed by atoms with Crippen molar-refractivity contribution in [2.45, 2.75) is 52.2 Å². The van der Waals surface area contributed by atoms with Gasteiger partial charge < -0.3 is 0 Å². The maximum Gasteiger partial charge on any atom is 0.147 e. The second kappa shape index (κ2) is 6.35. The average Bonchev–Trinajstić information content (AvgIpc) is 2.80. The minimum Gasteiger partial charge on any atom is -0.294 e. The summed E-state index contributed by atoms with van der Waals surface area (Å²) in [4.78, 5) is 11.2. The van der Waals surface area contributed by atoms with Crippen LogP contribution >= 0.6 is 0 Å². The number of nitrogens with zero attached hydrogens (tertiary/aromatic N) is 5. The molecule has 2 aromatic heterocycles. The lowest BCUT2D eigenvalue weighted by molar-refractivity contribution is 0.121. The summed E-state index contributed by atoms with van der Waals surface area (Å²) < 4.78 is 2.06. The van der Waals surface area contributed by atoms with Crippen LogP contribution in [0.1, 0.15) is 36.5 Å². The van der Waals surface area contributed by atoms with Crippen LogP contribution in [0.2, 0.25) is 0 Å². The van der Waals surface area contributed by atoms with Crippen LogP contribution in [-0.2, 0) is 13.1 Å². The Morgan fingerprint density at radius 1 is 1.29 bits per heavy atom. The Balaban J connectivity index is 1.71. The van der Waals surface area contributed by atoms with Crippen LogP contribution in [0.3, 0.4) is 0 Å². The van der Waals surface area contributed by atoms with Gasteiger partial charge in [0.25, 0.3) is 0 Å². The van der Waals surface area contributed by atoms with Gasteiger partial charge in [-0.25, -0.2) is 9.67 Å². The Morgan fingerprint density at radius 3 is 2.90 bits per heavy atom. The van der Waals surface area contributed by atoms with E-state index in [2.05, 4.69) is 30.7 Å². The van der Waals surface area contributed by atoms with E-state index in [1.165, 1.54) is 24.8 Å². The first-order chi connectivity index (χ1) is 10.2. The van der Waals surface area contributed by atoms with Gasteiger partial charge in [0.2, 0.25) is 0 Å². The van der Waals surface area contributed by atoms with Crippen molar-refractivity contribution in [3.63, 3.8) is 0 Å². The van der Waals surface area contributed by atoms with Crippen molar-refractivity contribution in [1.82, 2.24) is 24.6 Å². The van der Waals surface area contributed by atoms with Crippen LogP contribution in [0.25, 0.3) is 0 Å². The summed E-state index contributed by atoms with van der Waals surface area (Å²) >= 11 is 0. The van der Waals surface area contributed by atoms with Crippen molar-refractivity contribution in [1.29, 1.82) is 0 Å². The van der Waals surface area contributed by atoms with E-state index in [1.54, 1.807) is 0 Å². The van der Waals surface area contributed by atoms with Crippen LogP contribution in [0.15, 0.2) is 24.5 Å². The highest BCUT2D eigenvalue weighted by atomic mass is 15.4. The molecule has 0 spiro atoms. The van der Waals surface area contributed by atoms with Crippen LogP contribution in [0.5, 0.6) is 0 Å². The first kappa shape index (κ1) is 14.2. The van der Waals surface area contributed by atoms with Gasteiger partial charge in [0.1, 0.15) is 11.6 Å². The number of hydrogen-bond donors (Lipinski definition) is 0. The zero-order valence-electron chi connectivity index (χ0n) is 12.9. The van der Waals surface area contributed by atoms with Crippen LogP contribution < -0.4 is 0 Å². The fourth-order valence-corrected chi connectivity index (χ4v) is 3.13. The maximum atomic E-state index is 4.51. The lowest BCUT2D eigenvalue weighted by atomic mass is 10.0. The Morgan fingerprint density at radius 2 is 2.19 bits per heavy atom. The van der Waals surface area contributed by atoms with Crippen molar-refractivity contribution in [3.8, 4) is 0 Å². The van der Waals surface area contributed by atoms with Gasteiger partial charge in [0.15, 0.2) is 0 Å². The smallest absolute Gasteiger partial charge is 0.147 e. The van der Waals surface area contributed by atoms with E-state index in [0.717, 1.165) is 31.3 Å². The molecular weight excluding hydrogens is 262 g/mol. The number of aryl methyl sites for hydroxylation is 2. The van der Waals surface area contributed by atoms with Crippen LogP contribution in [-0.4, -0.2) is 37.2 Å². The average molecular weight is 285 g/mol. The normalized spacial score (nSPS) is 19.8. The molecule has 112 valence electrons. The summed E-state index contributed by atoms with van der Waals surface area (Å²) in [6.45, 7) is 7.07.